The maximum absolute atomic E-state index is 13.3. The maximum atomic E-state index is 13.3. The third kappa shape index (κ3) is 3.21. The lowest BCUT2D eigenvalue weighted by molar-refractivity contribution is -0.141. The Balaban J connectivity index is 1.84. The molecular weight excluding hydrogens is 441 g/mol. The lowest BCUT2D eigenvalue weighted by Crippen LogP contribution is -2.23. The van der Waals surface area contributed by atoms with Crippen LogP contribution in [0.4, 0.5) is 13.2 Å². The first-order chi connectivity index (χ1) is 15.2. The number of aromatic nitrogens is 5. The topological polar surface area (TPSA) is 72.4 Å². The molecule has 0 bridgehead atoms. The fraction of sp³-hybridized carbons (Fsp3) is 0.0909. The number of pyridine rings is 1. The van der Waals surface area contributed by atoms with Crippen molar-refractivity contribution in [3.8, 4) is 17.1 Å². The minimum Gasteiger partial charge on any atom is -0.312 e. The molecule has 3 aromatic heterocycles. The molecule has 0 saturated carbocycles. The number of nitrogens with one attached hydrogen (secondary N) is 1. The molecule has 160 valence electrons. The second-order valence-corrected chi connectivity index (χ2v) is 7.62. The van der Waals surface area contributed by atoms with E-state index in [0.717, 1.165) is 23.4 Å². The van der Waals surface area contributed by atoms with Gasteiger partial charge in [-0.05, 0) is 41.5 Å². The number of rotatable bonds is 2. The van der Waals surface area contributed by atoms with Crippen molar-refractivity contribution in [2.45, 2.75) is 6.18 Å². The lowest BCUT2D eigenvalue weighted by Gasteiger charge is -2.09. The SMILES string of the molecule is Cn1c(=N)n(-c2nccc(C(F)(F)F)n2)c2c3cc(-c4ccc(Cl)cc4)ccc3ncc21. The van der Waals surface area contributed by atoms with E-state index in [9.17, 15) is 13.2 Å². The predicted octanol–water partition coefficient (Wildman–Crippen LogP) is 5.13. The number of imidazole rings is 1. The van der Waals surface area contributed by atoms with Gasteiger partial charge in [-0.1, -0.05) is 29.8 Å². The first-order valence-electron chi connectivity index (χ1n) is 9.45. The van der Waals surface area contributed by atoms with Crippen LogP contribution >= 0.6 is 11.6 Å². The number of benzene rings is 2. The molecule has 0 aliphatic carbocycles. The van der Waals surface area contributed by atoms with Gasteiger partial charge in [-0.3, -0.25) is 10.4 Å². The van der Waals surface area contributed by atoms with Crippen molar-refractivity contribution in [3.05, 3.63) is 77.3 Å². The molecule has 5 rings (SSSR count). The van der Waals surface area contributed by atoms with Gasteiger partial charge in [0.15, 0.2) is 0 Å². The summed E-state index contributed by atoms with van der Waals surface area (Å²) in [7, 11) is 1.64. The number of alkyl halides is 3. The quantitative estimate of drug-likeness (QED) is 0.402. The van der Waals surface area contributed by atoms with E-state index in [4.69, 9.17) is 17.0 Å². The van der Waals surface area contributed by atoms with Gasteiger partial charge in [0.1, 0.15) is 5.69 Å². The number of halogens is 4. The van der Waals surface area contributed by atoms with Crippen molar-refractivity contribution >= 4 is 33.5 Å². The first-order valence-corrected chi connectivity index (χ1v) is 9.83. The average Bonchev–Trinajstić information content (AvgIpc) is 3.04. The number of hydrogen-bond donors (Lipinski definition) is 1. The second-order valence-electron chi connectivity index (χ2n) is 7.19. The normalized spacial score (nSPS) is 12.0. The summed E-state index contributed by atoms with van der Waals surface area (Å²) in [4.78, 5) is 12.2. The zero-order chi connectivity index (χ0) is 22.6. The monoisotopic (exact) mass is 454 g/mol. The second kappa shape index (κ2) is 7.16. The zero-order valence-electron chi connectivity index (χ0n) is 16.5. The molecule has 0 spiro atoms. The molecule has 5 aromatic rings. The first kappa shape index (κ1) is 20.2. The third-order valence-electron chi connectivity index (χ3n) is 5.25. The molecule has 0 radical (unpaired) electrons. The van der Waals surface area contributed by atoms with Gasteiger partial charge in [0, 0.05) is 23.7 Å². The van der Waals surface area contributed by atoms with Gasteiger partial charge >= 0.3 is 6.18 Å². The lowest BCUT2D eigenvalue weighted by atomic mass is 10.0. The molecule has 1 N–H and O–H groups in total. The molecule has 10 heteroatoms. The van der Waals surface area contributed by atoms with Gasteiger partial charge in [0.2, 0.25) is 11.6 Å². The minimum atomic E-state index is -4.63. The highest BCUT2D eigenvalue weighted by Gasteiger charge is 2.33. The van der Waals surface area contributed by atoms with E-state index in [1.165, 1.54) is 9.13 Å². The Morgan fingerprint density at radius 3 is 2.41 bits per heavy atom. The van der Waals surface area contributed by atoms with Crippen LogP contribution in [-0.2, 0) is 13.2 Å². The van der Waals surface area contributed by atoms with Crippen LogP contribution in [0.5, 0.6) is 0 Å². The molecule has 0 aliphatic rings. The predicted molar refractivity (Wildman–Crippen MR) is 114 cm³/mol. The van der Waals surface area contributed by atoms with Crippen molar-refractivity contribution in [1.29, 1.82) is 5.41 Å². The molecule has 3 heterocycles. The fourth-order valence-corrected chi connectivity index (χ4v) is 3.78. The van der Waals surface area contributed by atoms with Crippen LogP contribution < -0.4 is 5.62 Å². The number of fused-ring (bicyclic) bond motifs is 3. The summed E-state index contributed by atoms with van der Waals surface area (Å²) in [6, 6.07) is 13.7. The standard InChI is InChI=1S/C22H14ClF3N6/c1-31-17-11-29-16-7-4-13(12-2-5-14(23)6-3-12)10-15(16)19(17)32(20(31)27)21-28-9-8-18(30-21)22(24,25)26/h2-11,27H,1H3. The average molecular weight is 455 g/mol. The van der Waals surface area contributed by atoms with Crippen molar-refractivity contribution in [2.24, 2.45) is 7.05 Å². The van der Waals surface area contributed by atoms with E-state index in [1.54, 1.807) is 25.4 Å². The van der Waals surface area contributed by atoms with E-state index >= 15 is 0 Å². The van der Waals surface area contributed by atoms with Gasteiger partial charge in [-0.2, -0.15) is 13.2 Å². The van der Waals surface area contributed by atoms with Crippen LogP contribution in [0.3, 0.4) is 0 Å². The molecule has 0 unspecified atom stereocenters. The number of hydrogen-bond acceptors (Lipinski definition) is 4. The summed E-state index contributed by atoms with van der Waals surface area (Å²) in [5.74, 6) is -0.236. The fourth-order valence-electron chi connectivity index (χ4n) is 3.65. The van der Waals surface area contributed by atoms with Gasteiger partial charge in [0.05, 0.1) is 22.7 Å². The molecule has 32 heavy (non-hydrogen) atoms. The molecule has 0 saturated heterocycles. The van der Waals surface area contributed by atoms with Gasteiger partial charge < -0.3 is 4.57 Å². The highest BCUT2D eigenvalue weighted by Crippen LogP contribution is 2.31. The van der Waals surface area contributed by atoms with E-state index in [2.05, 4.69) is 15.0 Å². The molecule has 2 aromatic carbocycles. The van der Waals surface area contributed by atoms with Crippen molar-refractivity contribution < 1.29 is 13.2 Å². The van der Waals surface area contributed by atoms with Crippen molar-refractivity contribution in [3.63, 3.8) is 0 Å². The number of nitrogens with zero attached hydrogens (tertiary/aromatic N) is 5. The summed E-state index contributed by atoms with van der Waals surface area (Å²) in [5.41, 5.74) is 2.32. The summed E-state index contributed by atoms with van der Waals surface area (Å²) < 4.78 is 42.6. The van der Waals surface area contributed by atoms with Crippen molar-refractivity contribution in [2.75, 3.05) is 0 Å². The van der Waals surface area contributed by atoms with Gasteiger partial charge in [-0.15, -0.1) is 0 Å². The highest BCUT2D eigenvalue weighted by atomic mass is 35.5. The van der Waals surface area contributed by atoms with Crippen molar-refractivity contribution in [1.82, 2.24) is 24.1 Å². The van der Waals surface area contributed by atoms with E-state index in [0.29, 0.717) is 27.0 Å². The molecule has 6 nitrogen and oxygen atoms in total. The zero-order valence-corrected chi connectivity index (χ0v) is 17.3. The Labute approximate surface area is 184 Å². The minimum absolute atomic E-state index is 0.0782. The maximum Gasteiger partial charge on any atom is 0.433 e. The Morgan fingerprint density at radius 1 is 0.969 bits per heavy atom. The summed E-state index contributed by atoms with van der Waals surface area (Å²) >= 11 is 5.99. The molecule has 0 atom stereocenters. The molecule has 0 amide bonds. The summed E-state index contributed by atoms with van der Waals surface area (Å²) in [6.45, 7) is 0. The van der Waals surface area contributed by atoms with E-state index < -0.39 is 11.9 Å². The Hall–Kier alpha value is -3.72. The van der Waals surface area contributed by atoms with Gasteiger partial charge in [0.25, 0.3) is 0 Å². The third-order valence-corrected chi connectivity index (χ3v) is 5.50. The summed E-state index contributed by atoms with van der Waals surface area (Å²) in [6.07, 6.45) is -2.00. The Bertz CT molecular complexity index is 1550. The largest absolute Gasteiger partial charge is 0.433 e. The molecular formula is C22H14ClF3N6. The van der Waals surface area contributed by atoms with Crippen LogP contribution in [0.1, 0.15) is 5.69 Å². The van der Waals surface area contributed by atoms with Crippen LogP contribution in [0.2, 0.25) is 5.02 Å². The van der Waals surface area contributed by atoms with Crippen LogP contribution in [0.15, 0.2) is 60.9 Å². The van der Waals surface area contributed by atoms with Gasteiger partial charge in [-0.25, -0.2) is 14.5 Å². The van der Waals surface area contributed by atoms with Crippen LogP contribution in [0, 0.1) is 5.41 Å². The molecule has 0 aliphatic heterocycles. The van der Waals surface area contributed by atoms with Crippen LogP contribution in [0.25, 0.3) is 39.0 Å². The summed E-state index contributed by atoms with van der Waals surface area (Å²) in [5, 5.41) is 9.79. The van der Waals surface area contributed by atoms with E-state index in [-0.39, 0.29) is 11.6 Å². The Kier molecular flexibility index (Phi) is 4.52. The molecule has 0 fully saturated rings. The highest BCUT2D eigenvalue weighted by molar-refractivity contribution is 6.30. The smallest absolute Gasteiger partial charge is 0.312 e. The van der Waals surface area contributed by atoms with Crippen LogP contribution in [-0.4, -0.2) is 24.1 Å². The number of aryl methyl sites for hydroxylation is 1. The Morgan fingerprint density at radius 2 is 1.69 bits per heavy atom. The van der Waals surface area contributed by atoms with E-state index in [1.807, 2.05) is 30.3 Å².